The summed E-state index contributed by atoms with van der Waals surface area (Å²) in [5.41, 5.74) is 3.26. The molecule has 35 heavy (non-hydrogen) atoms. The standard InChI is InChI=1S/C28H43BN2O4/c1-19(2)30-13-15-31(16-14-30)26(32)6-4-5-21-18-35-28(3)12-11-24-23-10-8-22(29(33)34)17-20(23)7-9-25(24)27(21)28/h8,10,17,19,21,24-25,27,33-34H,4-7,9,11-16,18H2,1-3H3/t21-,24?,25?,27?,28-/m0/s1. The maximum absolute atomic E-state index is 12.9. The van der Waals surface area contributed by atoms with Crippen LogP contribution >= 0.6 is 0 Å². The molecule has 5 atom stereocenters. The van der Waals surface area contributed by atoms with E-state index in [4.69, 9.17) is 4.74 Å². The minimum Gasteiger partial charge on any atom is -0.423 e. The van der Waals surface area contributed by atoms with Crippen LogP contribution in [-0.2, 0) is 16.0 Å². The first-order valence-corrected chi connectivity index (χ1v) is 13.9. The number of fused-ring (bicyclic) bond motifs is 5. The Balaban J connectivity index is 1.20. The largest absolute Gasteiger partial charge is 0.488 e. The Bertz CT molecular complexity index is 916. The smallest absolute Gasteiger partial charge is 0.423 e. The lowest BCUT2D eigenvalue weighted by molar-refractivity contribution is -0.133. The number of piperazine rings is 1. The van der Waals surface area contributed by atoms with Gasteiger partial charge in [0.15, 0.2) is 0 Å². The van der Waals surface area contributed by atoms with Crippen LogP contribution < -0.4 is 5.46 Å². The fraction of sp³-hybridized carbons (Fsp3) is 0.750. The molecular weight excluding hydrogens is 439 g/mol. The first-order valence-electron chi connectivity index (χ1n) is 13.9. The van der Waals surface area contributed by atoms with Gasteiger partial charge in [0.2, 0.25) is 5.91 Å². The molecule has 2 heterocycles. The fourth-order valence-electron chi connectivity index (χ4n) is 7.82. The van der Waals surface area contributed by atoms with Gasteiger partial charge in [0, 0.05) is 38.6 Å². The highest BCUT2D eigenvalue weighted by Crippen LogP contribution is 2.58. The molecule has 0 bridgehead atoms. The van der Waals surface area contributed by atoms with Crippen molar-refractivity contribution in [2.45, 2.75) is 83.3 Å². The third-order valence-electron chi connectivity index (χ3n) is 9.74. The van der Waals surface area contributed by atoms with Crippen molar-refractivity contribution in [3.05, 3.63) is 29.3 Å². The molecule has 3 unspecified atom stereocenters. The number of rotatable bonds is 6. The van der Waals surface area contributed by atoms with E-state index >= 15 is 0 Å². The van der Waals surface area contributed by atoms with Crippen LogP contribution in [0.25, 0.3) is 0 Å². The van der Waals surface area contributed by atoms with Crippen LogP contribution in [0.3, 0.4) is 0 Å². The molecule has 0 radical (unpaired) electrons. The first kappa shape index (κ1) is 25.3. The van der Waals surface area contributed by atoms with Crippen LogP contribution in [0.15, 0.2) is 18.2 Å². The quantitative estimate of drug-likeness (QED) is 0.610. The Hall–Kier alpha value is -1.41. The fourth-order valence-corrected chi connectivity index (χ4v) is 7.82. The molecule has 1 amide bonds. The average molecular weight is 482 g/mol. The van der Waals surface area contributed by atoms with Crippen molar-refractivity contribution in [1.29, 1.82) is 0 Å². The second kappa shape index (κ2) is 10.2. The number of carbonyl (C=O) groups is 1. The molecule has 2 aliphatic heterocycles. The molecule has 0 aromatic heterocycles. The molecule has 2 saturated heterocycles. The Kier molecular flexibility index (Phi) is 7.33. The summed E-state index contributed by atoms with van der Waals surface area (Å²) < 4.78 is 6.49. The van der Waals surface area contributed by atoms with Crippen molar-refractivity contribution >= 4 is 18.5 Å². The summed E-state index contributed by atoms with van der Waals surface area (Å²) in [5.74, 6) is 2.54. The number of hydrogen-bond donors (Lipinski definition) is 2. The maximum Gasteiger partial charge on any atom is 0.488 e. The Labute approximate surface area is 211 Å². The van der Waals surface area contributed by atoms with E-state index in [9.17, 15) is 14.8 Å². The number of amides is 1. The molecule has 4 aliphatic rings. The Morgan fingerprint density at radius 1 is 1.20 bits per heavy atom. The summed E-state index contributed by atoms with van der Waals surface area (Å²) in [4.78, 5) is 17.4. The molecule has 2 N–H and O–H groups in total. The molecule has 1 aromatic carbocycles. The summed E-state index contributed by atoms with van der Waals surface area (Å²) in [6, 6.07) is 6.58. The lowest BCUT2D eigenvalue weighted by Crippen LogP contribution is -2.50. The van der Waals surface area contributed by atoms with Gasteiger partial charge in [0.1, 0.15) is 0 Å². The van der Waals surface area contributed by atoms with Gasteiger partial charge >= 0.3 is 7.12 Å². The van der Waals surface area contributed by atoms with Gasteiger partial charge in [-0.15, -0.1) is 0 Å². The predicted octanol–water partition coefficient (Wildman–Crippen LogP) is 2.55. The zero-order valence-corrected chi connectivity index (χ0v) is 21.8. The molecule has 3 fully saturated rings. The van der Waals surface area contributed by atoms with Gasteiger partial charge in [0.05, 0.1) is 12.2 Å². The third kappa shape index (κ3) is 4.94. The minimum absolute atomic E-state index is 0.0399. The van der Waals surface area contributed by atoms with E-state index in [1.54, 1.807) is 0 Å². The Morgan fingerprint density at radius 3 is 2.69 bits per heavy atom. The van der Waals surface area contributed by atoms with Crippen molar-refractivity contribution in [3.63, 3.8) is 0 Å². The molecule has 7 heteroatoms. The Morgan fingerprint density at radius 2 is 1.97 bits per heavy atom. The number of aryl methyl sites for hydroxylation is 1. The number of carbonyl (C=O) groups excluding carboxylic acids is 1. The molecule has 1 saturated carbocycles. The summed E-state index contributed by atoms with van der Waals surface area (Å²) in [6.45, 7) is 11.3. The van der Waals surface area contributed by atoms with Crippen LogP contribution in [0.4, 0.5) is 0 Å². The number of benzene rings is 1. The van der Waals surface area contributed by atoms with Gasteiger partial charge in [-0.3, -0.25) is 9.69 Å². The second-order valence-corrected chi connectivity index (χ2v) is 12.0. The van der Waals surface area contributed by atoms with Gasteiger partial charge in [-0.25, -0.2) is 0 Å². The highest BCUT2D eigenvalue weighted by molar-refractivity contribution is 6.58. The molecule has 6 nitrogen and oxygen atoms in total. The van der Waals surface area contributed by atoms with Crippen molar-refractivity contribution in [1.82, 2.24) is 9.80 Å². The summed E-state index contributed by atoms with van der Waals surface area (Å²) in [6.07, 6.45) is 7.04. The van der Waals surface area contributed by atoms with Crippen LogP contribution in [0.2, 0.25) is 0 Å². The lowest BCUT2D eigenvalue weighted by Gasteiger charge is -2.49. The number of nitrogens with zero attached hydrogens (tertiary/aromatic N) is 2. The van der Waals surface area contributed by atoms with Gasteiger partial charge in [-0.1, -0.05) is 18.2 Å². The van der Waals surface area contributed by atoms with Gasteiger partial charge in [0.25, 0.3) is 0 Å². The van der Waals surface area contributed by atoms with Crippen molar-refractivity contribution in [3.8, 4) is 0 Å². The third-order valence-corrected chi connectivity index (χ3v) is 9.74. The normalized spacial score (nSPS) is 32.8. The minimum atomic E-state index is -1.40. The topological polar surface area (TPSA) is 73.2 Å². The summed E-state index contributed by atoms with van der Waals surface area (Å²) >= 11 is 0. The zero-order chi connectivity index (χ0) is 24.7. The molecule has 0 spiro atoms. The number of hydrogen-bond acceptors (Lipinski definition) is 5. The zero-order valence-electron chi connectivity index (χ0n) is 21.8. The predicted molar refractivity (Wildman–Crippen MR) is 139 cm³/mol. The van der Waals surface area contributed by atoms with Crippen LogP contribution in [0.1, 0.15) is 76.3 Å². The summed E-state index contributed by atoms with van der Waals surface area (Å²) in [5, 5.41) is 19.2. The highest BCUT2D eigenvalue weighted by Gasteiger charge is 2.55. The lowest BCUT2D eigenvalue weighted by atomic mass is 9.56. The van der Waals surface area contributed by atoms with E-state index in [2.05, 4.69) is 36.6 Å². The first-order chi connectivity index (χ1) is 16.8. The van der Waals surface area contributed by atoms with Gasteiger partial charge in [-0.05, 0) is 99.6 Å². The molecule has 192 valence electrons. The van der Waals surface area contributed by atoms with Crippen molar-refractivity contribution < 1.29 is 19.6 Å². The average Bonchev–Trinajstić information content (AvgIpc) is 3.20. The van der Waals surface area contributed by atoms with E-state index in [0.717, 1.165) is 71.3 Å². The van der Waals surface area contributed by atoms with E-state index in [1.165, 1.54) is 11.1 Å². The molecule has 5 rings (SSSR count). The van der Waals surface area contributed by atoms with Gasteiger partial charge in [-0.2, -0.15) is 0 Å². The van der Waals surface area contributed by atoms with Crippen molar-refractivity contribution in [2.75, 3.05) is 32.8 Å². The van der Waals surface area contributed by atoms with Crippen LogP contribution in [0.5, 0.6) is 0 Å². The van der Waals surface area contributed by atoms with Crippen molar-refractivity contribution in [2.24, 2.45) is 17.8 Å². The van der Waals surface area contributed by atoms with E-state index < -0.39 is 7.12 Å². The maximum atomic E-state index is 12.9. The summed E-state index contributed by atoms with van der Waals surface area (Å²) in [7, 11) is -1.40. The number of ether oxygens (including phenoxy) is 1. The van der Waals surface area contributed by atoms with Gasteiger partial charge < -0.3 is 19.7 Å². The molecule has 1 aromatic rings. The SMILES string of the molecule is CC(C)N1CCN(C(=O)CCC[C@H]2CO[C@@]3(C)CCC4c5ccc(B(O)O)cc5CCC4C23)CC1. The van der Waals surface area contributed by atoms with E-state index in [-0.39, 0.29) is 5.60 Å². The monoisotopic (exact) mass is 482 g/mol. The molecule has 2 aliphatic carbocycles. The second-order valence-electron chi connectivity index (χ2n) is 12.0. The van der Waals surface area contributed by atoms with E-state index in [1.807, 2.05) is 12.1 Å². The van der Waals surface area contributed by atoms with Crippen LogP contribution in [0, 0.1) is 17.8 Å². The highest BCUT2D eigenvalue weighted by atomic mass is 16.5. The molecular formula is C28H43BN2O4. The van der Waals surface area contributed by atoms with E-state index in [0.29, 0.717) is 47.5 Å². The van der Waals surface area contributed by atoms with Crippen LogP contribution in [-0.4, -0.2) is 77.3 Å².